The van der Waals surface area contributed by atoms with Gasteiger partial charge in [-0.15, -0.1) is 0 Å². The molecule has 4 nitrogen and oxygen atoms in total. The van der Waals surface area contributed by atoms with Crippen molar-refractivity contribution in [2.75, 3.05) is 18.0 Å². The summed E-state index contributed by atoms with van der Waals surface area (Å²) in [6.45, 7) is 12.8. The number of aromatic nitrogens is 1. The van der Waals surface area contributed by atoms with E-state index in [1.54, 1.807) is 0 Å². The van der Waals surface area contributed by atoms with Crippen LogP contribution in [0.5, 0.6) is 0 Å². The van der Waals surface area contributed by atoms with Gasteiger partial charge >= 0.3 is 7.12 Å². The maximum Gasteiger partial charge on any atom is 0.514 e. The first-order chi connectivity index (χ1) is 10.3. The molecular weight excluding hydrogens is 275 g/mol. The molecule has 2 saturated heterocycles. The Hall–Kier alpha value is -1.07. The van der Waals surface area contributed by atoms with E-state index in [-0.39, 0.29) is 18.3 Å². The Morgan fingerprint density at radius 3 is 2.50 bits per heavy atom. The van der Waals surface area contributed by atoms with E-state index in [0.29, 0.717) is 0 Å². The smallest absolute Gasteiger partial charge is 0.398 e. The second-order valence-corrected chi connectivity index (χ2v) is 7.70. The molecule has 2 aliphatic heterocycles. The van der Waals surface area contributed by atoms with E-state index in [4.69, 9.17) is 14.3 Å². The third-order valence-electron chi connectivity index (χ3n) is 5.23. The highest BCUT2D eigenvalue weighted by Crippen LogP contribution is 2.36. The van der Waals surface area contributed by atoms with Crippen LogP contribution in [0.2, 0.25) is 0 Å². The summed E-state index contributed by atoms with van der Waals surface area (Å²) in [6, 6.07) is 6.15. The average molecular weight is 302 g/mol. The third-order valence-corrected chi connectivity index (χ3v) is 5.23. The Morgan fingerprint density at radius 1 is 1.18 bits per heavy atom. The van der Waals surface area contributed by atoms with Crippen LogP contribution in [0.25, 0.3) is 0 Å². The highest BCUT2D eigenvalue weighted by atomic mass is 16.7. The SMILES string of the molecule is CC1CCCN(c2cccc(B3OC(C)(C)C(C)(C)O3)n2)C1. The van der Waals surface area contributed by atoms with Gasteiger partial charge in [-0.05, 0) is 58.6 Å². The van der Waals surface area contributed by atoms with Crippen LogP contribution in [0.15, 0.2) is 18.2 Å². The number of nitrogens with zero attached hydrogens (tertiary/aromatic N) is 2. The van der Waals surface area contributed by atoms with Crippen molar-refractivity contribution in [3.63, 3.8) is 0 Å². The molecule has 1 atom stereocenters. The monoisotopic (exact) mass is 302 g/mol. The number of rotatable bonds is 2. The van der Waals surface area contributed by atoms with Gasteiger partial charge in [0.2, 0.25) is 0 Å². The highest BCUT2D eigenvalue weighted by molar-refractivity contribution is 6.61. The lowest BCUT2D eigenvalue weighted by atomic mass is 9.84. The lowest BCUT2D eigenvalue weighted by Crippen LogP contribution is -2.41. The quantitative estimate of drug-likeness (QED) is 0.787. The summed E-state index contributed by atoms with van der Waals surface area (Å²) < 4.78 is 12.2. The van der Waals surface area contributed by atoms with Gasteiger partial charge in [0.05, 0.1) is 16.8 Å². The van der Waals surface area contributed by atoms with Crippen LogP contribution in [-0.2, 0) is 9.31 Å². The second-order valence-electron chi connectivity index (χ2n) is 7.70. The Kier molecular flexibility index (Phi) is 3.98. The first kappa shape index (κ1) is 15.8. The molecule has 3 rings (SSSR count). The standard InChI is InChI=1S/C17H27BN2O2/c1-13-8-7-11-20(12-13)15-10-6-9-14(19-15)18-21-16(2,3)17(4,5)22-18/h6,9-10,13H,7-8,11-12H2,1-5H3. The van der Waals surface area contributed by atoms with Crippen molar-refractivity contribution in [1.29, 1.82) is 0 Å². The fourth-order valence-electron chi connectivity index (χ4n) is 3.11. The van der Waals surface area contributed by atoms with E-state index in [1.165, 1.54) is 12.8 Å². The summed E-state index contributed by atoms with van der Waals surface area (Å²) in [5.41, 5.74) is 0.221. The van der Waals surface area contributed by atoms with Crippen molar-refractivity contribution in [1.82, 2.24) is 4.98 Å². The van der Waals surface area contributed by atoms with Gasteiger partial charge in [-0.2, -0.15) is 0 Å². The molecule has 0 N–H and O–H groups in total. The van der Waals surface area contributed by atoms with Crippen LogP contribution in [0.3, 0.4) is 0 Å². The molecule has 0 aliphatic carbocycles. The Bertz CT molecular complexity index is 531. The molecule has 1 unspecified atom stereocenters. The Morgan fingerprint density at radius 2 is 1.86 bits per heavy atom. The van der Waals surface area contributed by atoms with Crippen molar-refractivity contribution < 1.29 is 9.31 Å². The molecule has 0 saturated carbocycles. The van der Waals surface area contributed by atoms with Crippen LogP contribution < -0.4 is 10.5 Å². The van der Waals surface area contributed by atoms with Crippen LogP contribution >= 0.6 is 0 Å². The fourth-order valence-corrected chi connectivity index (χ4v) is 3.11. The van der Waals surface area contributed by atoms with Crippen molar-refractivity contribution >= 4 is 18.5 Å². The lowest BCUT2D eigenvalue weighted by molar-refractivity contribution is 0.00578. The van der Waals surface area contributed by atoms with E-state index in [0.717, 1.165) is 30.4 Å². The summed E-state index contributed by atoms with van der Waals surface area (Å²) >= 11 is 0. The van der Waals surface area contributed by atoms with E-state index < -0.39 is 0 Å². The van der Waals surface area contributed by atoms with Gasteiger partial charge in [0.15, 0.2) is 0 Å². The van der Waals surface area contributed by atoms with E-state index in [1.807, 2.05) is 6.07 Å². The minimum absolute atomic E-state index is 0.324. The molecule has 120 valence electrons. The van der Waals surface area contributed by atoms with Gasteiger partial charge in [-0.3, -0.25) is 0 Å². The topological polar surface area (TPSA) is 34.6 Å². The van der Waals surface area contributed by atoms with Crippen molar-refractivity contribution in [3.05, 3.63) is 18.2 Å². The van der Waals surface area contributed by atoms with Gasteiger partial charge in [0, 0.05) is 13.1 Å². The first-order valence-corrected chi connectivity index (χ1v) is 8.36. The molecule has 0 aromatic carbocycles. The molecule has 22 heavy (non-hydrogen) atoms. The normalized spacial score (nSPS) is 27.2. The molecule has 0 radical (unpaired) electrons. The Labute approximate surface area is 134 Å². The Balaban J connectivity index is 1.80. The molecule has 0 amide bonds. The largest absolute Gasteiger partial charge is 0.514 e. The predicted molar refractivity (Wildman–Crippen MR) is 90.6 cm³/mol. The summed E-state index contributed by atoms with van der Waals surface area (Å²) in [7, 11) is -0.382. The van der Waals surface area contributed by atoms with Crippen LogP contribution in [-0.4, -0.2) is 36.4 Å². The van der Waals surface area contributed by atoms with Crippen molar-refractivity contribution in [2.45, 2.75) is 58.7 Å². The van der Waals surface area contributed by atoms with Gasteiger partial charge < -0.3 is 14.2 Å². The molecule has 0 bridgehead atoms. The molecule has 1 aromatic rings. The second kappa shape index (κ2) is 5.53. The number of pyridine rings is 1. The molecule has 2 fully saturated rings. The zero-order valence-corrected chi connectivity index (χ0v) is 14.4. The number of anilines is 1. The summed E-state index contributed by atoms with van der Waals surface area (Å²) in [5.74, 6) is 1.77. The fraction of sp³-hybridized carbons (Fsp3) is 0.706. The molecular formula is C17H27BN2O2. The maximum atomic E-state index is 6.11. The molecule has 1 aromatic heterocycles. The maximum absolute atomic E-state index is 6.11. The van der Waals surface area contributed by atoms with E-state index >= 15 is 0 Å². The minimum atomic E-state index is -0.382. The molecule has 0 spiro atoms. The van der Waals surface area contributed by atoms with Gasteiger partial charge in [0.25, 0.3) is 0 Å². The molecule has 3 heterocycles. The van der Waals surface area contributed by atoms with E-state index in [9.17, 15) is 0 Å². The highest BCUT2D eigenvalue weighted by Gasteiger charge is 2.52. The van der Waals surface area contributed by atoms with Crippen molar-refractivity contribution in [3.8, 4) is 0 Å². The van der Waals surface area contributed by atoms with Crippen molar-refractivity contribution in [2.24, 2.45) is 5.92 Å². The third kappa shape index (κ3) is 2.89. The minimum Gasteiger partial charge on any atom is -0.398 e. The first-order valence-electron chi connectivity index (χ1n) is 8.36. The predicted octanol–water partition coefficient (Wildman–Crippen LogP) is 2.62. The number of hydrogen-bond acceptors (Lipinski definition) is 4. The summed E-state index contributed by atoms with van der Waals surface area (Å²) in [4.78, 5) is 7.20. The van der Waals surface area contributed by atoms with E-state index in [2.05, 4.69) is 51.7 Å². The number of hydrogen-bond donors (Lipinski definition) is 0. The lowest BCUT2D eigenvalue weighted by Gasteiger charge is -2.32. The van der Waals surface area contributed by atoms with Gasteiger partial charge in [-0.1, -0.05) is 13.0 Å². The summed E-state index contributed by atoms with van der Waals surface area (Å²) in [6.07, 6.45) is 2.55. The zero-order chi connectivity index (χ0) is 16.0. The van der Waals surface area contributed by atoms with Crippen LogP contribution in [0.4, 0.5) is 5.82 Å². The van der Waals surface area contributed by atoms with Crippen LogP contribution in [0.1, 0.15) is 47.5 Å². The number of piperidine rings is 1. The molecule has 5 heteroatoms. The van der Waals surface area contributed by atoms with Gasteiger partial charge in [0.1, 0.15) is 5.82 Å². The van der Waals surface area contributed by atoms with Gasteiger partial charge in [-0.25, -0.2) is 4.98 Å². The summed E-state index contributed by atoms with van der Waals surface area (Å²) in [5, 5.41) is 0. The average Bonchev–Trinajstić information content (AvgIpc) is 2.68. The van der Waals surface area contributed by atoms with Crippen LogP contribution in [0, 0.1) is 5.92 Å². The zero-order valence-electron chi connectivity index (χ0n) is 14.4. The molecule has 2 aliphatic rings.